The molecule has 1 N–H and O–H groups in total. The van der Waals surface area contributed by atoms with E-state index in [0.29, 0.717) is 37.7 Å². The largest absolute Gasteiger partial charge is 0.484 e. The lowest BCUT2D eigenvalue weighted by atomic mass is 10.2. The van der Waals surface area contributed by atoms with Crippen molar-refractivity contribution >= 4 is 39.7 Å². The van der Waals surface area contributed by atoms with Crippen LogP contribution < -0.4 is 15.0 Å². The number of anilines is 2. The Labute approximate surface area is 201 Å². The fourth-order valence-corrected chi connectivity index (χ4v) is 5.35. The number of carbonyl (C=O) groups is 1. The Morgan fingerprint density at radius 2 is 1.70 bits per heavy atom. The van der Waals surface area contributed by atoms with Crippen LogP contribution in [0.3, 0.4) is 0 Å². The molecule has 2 aromatic rings. The maximum absolute atomic E-state index is 13.1. The Morgan fingerprint density at radius 1 is 1.03 bits per heavy atom. The Hall–Kier alpha value is -2.33. The first kappa shape index (κ1) is 25.3. The molecule has 0 unspecified atom stereocenters. The van der Waals surface area contributed by atoms with Gasteiger partial charge in [-0.3, -0.25) is 4.79 Å². The van der Waals surface area contributed by atoms with Gasteiger partial charge in [0.15, 0.2) is 6.61 Å². The normalized spacial score (nSPS) is 16.8. The van der Waals surface area contributed by atoms with Gasteiger partial charge < -0.3 is 19.7 Å². The lowest BCUT2D eigenvalue weighted by Crippen LogP contribution is -2.40. The summed E-state index contributed by atoms with van der Waals surface area (Å²) in [7, 11) is -3.67. The highest BCUT2D eigenvalue weighted by Gasteiger charge is 2.28. The average Bonchev–Trinajstić information content (AvgIpc) is 3.34. The van der Waals surface area contributed by atoms with Gasteiger partial charge in [0.1, 0.15) is 5.75 Å². The van der Waals surface area contributed by atoms with Gasteiger partial charge in [-0.15, -0.1) is 12.4 Å². The number of hydrogen-bond acceptors (Lipinski definition) is 6. The van der Waals surface area contributed by atoms with Gasteiger partial charge in [-0.05, 0) is 50.1 Å². The van der Waals surface area contributed by atoms with Crippen molar-refractivity contribution in [2.24, 2.45) is 0 Å². The molecule has 2 aliphatic rings. The van der Waals surface area contributed by atoms with E-state index >= 15 is 0 Å². The molecule has 180 valence electrons. The highest BCUT2D eigenvalue weighted by atomic mass is 35.5. The van der Waals surface area contributed by atoms with Crippen LogP contribution in [0.15, 0.2) is 47.4 Å². The Balaban J connectivity index is 0.00000306. The van der Waals surface area contributed by atoms with Crippen molar-refractivity contribution in [3.05, 3.63) is 48.0 Å². The van der Waals surface area contributed by atoms with E-state index in [0.717, 1.165) is 37.2 Å². The Kier molecular flexibility index (Phi) is 8.58. The smallest absolute Gasteiger partial charge is 0.262 e. The van der Waals surface area contributed by atoms with Crippen LogP contribution in [0.2, 0.25) is 0 Å². The minimum atomic E-state index is -3.67. The predicted octanol–water partition coefficient (Wildman–Crippen LogP) is 3.06. The highest BCUT2D eigenvalue weighted by molar-refractivity contribution is 7.89. The molecule has 2 fully saturated rings. The molecule has 0 spiro atoms. The van der Waals surface area contributed by atoms with Crippen molar-refractivity contribution in [2.45, 2.75) is 24.7 Å². The number of benzene rings is 2. The van der Waals surface area contributed by atoms with Crippen LogP contribution in [0.4, 0.5) is 11.4 Å². The van der Waals surface area contributed by atoms with E-state index in [4.69, 9.17) is 9.47 Å². The molecule has 0 aromatic heterocycles. The number of amides is 1. The number of carbonyl (C=O) groups excluding carboxylic acids is 1. The summed E-state index contributed by atoms with van der Waals surface area (Å²) < 4.78 is 38.5. The molecule has 1 amide bonds. The third kappa shape index (κ3) is 6.17. The maximum atomic E-state index is 13.1. The van der Waals surface area contributed by atoms with Crippen molar-refractivity contribution in [2.75, 3.05) is 56.2 Å². The van der Waals surface area contributed by atoms with Gasteiger partial charge in [-0.2, -0.15) is 4.31 Å². The molecule has 0 saturated carbocycles. The first-order chi connectivity index (χ1) is 15.4. The first-order valence-corrected chi connectivity index (χ1v) is 12.3. The average molecular weight is 496 g/mol. The molecule has 0 radical (unpaired) electrons. The summed E-state index contributed by atoms with van der Waals surface area (Å²) in [4.78, 5) is 15.0. The van der Waals surface area contributed by atoms with E-state index in [-0.39, 0.29) is 29.8 Å². The number of nitrogens with one attached hydrogen (secondary N) is 1. The van der Waals surface area contributed by atoms with Crippen LogP contribution in [0.5, 0.6) is 5.75 Å². The summed E-state index contributed by atoms with van der Waals surface area (Å²) in [6, 6.07) is 12.4. The van der Waals surface area contributed by atoms with Crippen LogP contribution in [0, 0.1) is 6.92 Å². The van der Waals surface area contributed by atoms with Crippen LogP contribution >= 0.6 is 12.4 Å². The van der Waals surface area contributed by atoms with Crippen molar-refractivity contribution in [1.82, 2.24) is 4.31 Å². The fraction of sp³-hybridized carbons (Fsp3) is 0.435. The molecule has 0 atom stereocenters. The lowest BCUT2D eigenvalue weighted by molar-refractivity contribution is -0.118. The molecular weight excluding hydrogens is 466 g/mol. The number of sulfonamides is 1. The summed E-state index contributed by atoms with van der Waals surface area (Å²) in [6.45, 7) is 4.97. The van der Waals surface area contributed by atoms with E-state index in [1.807, 2.05) is 31.2 Å². The molecule has 4 rings (SSSR count). The number of aryl methyl sites for hydroxylation is 1. The van der Waals surface area contributed by atoms with Gasteiger partial charge in [0.25, 0.3) is 5.91 Å². The SMILES string of the molecule is Cc1ccc(OCC(=O)Nc2cc(S(=O)(=O)N3CCOCC3)ccc2N2CCCC2)cc1.Cl. The second-order valence-electron chi connectivity index (χ2n) is 8.04. The molecule has 2 aromatic carbocycles. The van der Waals surface area contributed by atoms with Crippen molar-refractivity contribution < 1.29 is 22.7 Å². The molecule has 10 heteroatoms. The van der Waals surface area contributed by atoms with E-state index in [1.54, 1.807) is 18.2 Å². The minimum absolute atomic E-state index is 0. The van der Waals surface area contributed by atoms with Gasteiger partial charge in [0, 0.05) is 26.2 Å². The van der Waals surface area contributed by atoms with E-state index < -0.39 is 10.0 Å². The second-order valence-corrected chi connectivity index (χ2v) is 9.98. The van der Waals surface area contributed by atoms with Gasteiger partial charge >= 0.3 is 0 Å². The van der Waals surface area contributed by atoms with Crippen LogP contribution in [-0.2, 0) is 19.6 Å². The number of morpholine rings is 1. The topological polar surface area (TPSA) is 88.2 Å². The second kappa shape index (κ2) is 11.2. The molecule has 0 bridgehead atoms. The third-order valence-corrected chi connectivity index (χ3v) is 7.58. The fourth-order valence-electron chi connectivity index (χ4n) is 3.92. The Morgan fingerprint density at radius 3 is 2.36 bits per heavy atom. The van der Waals surface area contributed by atoms with E-state index in [1.165, 1.54) is 4.31 Å². The monoisotopic (exact) mass is 495 g/mol. The number of nitrogens with zero attached hydrogens (tertiary/aromatic N) is 2. The van der Waals surface area contributed by atoms with E-state index in [2.05, 4.69) is 10.2 Å². The molecule has 0 aliphatic carbocycles. The zero-order chi connectivity index (χ0) is 22.6. The Bertz CT molecular complexity index is 1050. The van der Waals surface area contributed by atoms with Gasteiger partial charge in [0.2, 0.25) is 10.0 Å². The molecule has 2 heterocycles. The predicted molar refractivity (Wildman–Crippen MR) is 130 cm³/mol. The van der Waals surface area contributed by atoms with E-state index in [9.17, 15) is 13.2 Å². The summed E-state index contributed by atoms with van der Waals surface area (Å²) in [5.41, 5.74) is 2.42. The summed E-state index contributed by atoms with van der Waals surface area (Å²) in [5, 5.41) is 2.87. The lowest BCUT2D eigenvalue weighted by Gasteiger charge is -2.27. The van der Waals surface area contributed by atoms with Crippen LogP contribution in [-0.4, -0.2) is 64.6 Å². The zero-order valence-electron chi connectivity index (χ0n) is 18.7. The summed E-state index contributed by atoms with van der Waals surface area (Å²) >= 11 is 0. The molecule has 8 nitrogen and oxygen atoms in total. The highest BCUT2D eigenvalue weighted by Crippen LogP contribution is 2.32. The van der Waals surface area contributed by atoms with Crippen LogP contribution in [0.1, 0.15) is 18.4 Å². The zero-order valence-corrected chi connectivity index (χ0v) is 20.3. The molecule has 33 heavy (non-hydrogen) atoms. The quantitative estimate of drug-likeness (QED) is 0.635. The van der Waals surface area contributed by atoms with Gasteiger partial charge in [-0.1, -0.05) is 17.7 Å². The number of hydrogen-bond donors (Lipinski definition) is 1. The van der Waals surface area contributed by atoms with Crippen LogP contribution in [0.25, 0.3) is 0 Å². The molecular formula is C23H30ClN3O5S. The summed E-state index contributed by atoms with van der Waals surface area (Å²) in [5.74, 6) is 0.265. The third-order valence-electron chi connectivity index (χ3n) is 5.69. The van der Waals surface area contributed by atoms with Crippen molar-refractivity contribution in [3.63, 3.8) is 0 Å². The van der Waals surface area contributed by atoms with Crippen molar-refractivity contribution in [1.29, 1.82) is 0 Å². The van der Waals surface area contributed by atoms with Crippen molar-refractivity contribution in [3.8, 4) is 5.75 Å². The maximum Gasteiger partial charge on any atom is 0.262 e. The summed E-state index contributed by atoms with van der Waals surface area (Å²) in [6.07, 6.45) is 2.13. The number of halogens is 1. The minimum Gasteiger partial charge on any atom is -0.484 e. The molecule has 2 saturated heterocycles. The van der Waals surface area contributed by atoms with Gasteiger partial charge in [-0.25, -0.2) is 8.42 Å². The number of rotatable bonds is 7. The van der Waals surface area contributed by atoms with Gasteiger partial charge in [0.05, 0.1) is 29.5 Å². The number of ether oxygens (including phenoxy) is 2. The first-order valence-electron chi connectivity index (χ1n) is 10.9. The molecule has 2 aliphatic heterocycles. The standard InChI is InChI=1S/C23H29N3O5S.ClH/c1-18-4-6-19(7-5-18)31-17-23(27)24-21-16-20(8-9-22(21)25-10-2-3-11-25)32(28,29)26-12-14-30-15-13-26;/h4-9,16H,2-3,10-15,17H2,1H3,(H,24,27);1H.